The van der Waals surface area contributed by atoms with E-state index >= 15 is 0 Å². The van der Waals surface area contributed by atoms with Gasteiger partial charge in [-0.05, 0) is 18.2 Å². The molecule has 0 amide bonds. The van der Waals surface area contributed by atoms with Gasteiger partial charge in [-0.3, -0.25) is 0 Å². The third-order valence-electron chi connectivity index (χ3n) is 4.08. The van der Waals surface area contributed by atoms with E-state index in [1.54, 1.807) is 18.2 Å². The minimum absolute atomic E-state index is 0.152. The van der Waals surface area contributed by atoms with Crippen LogP contribution >= 0.6 is 11.6 Å². The van der Waals surface area contributed by atoms with Crippen molar-refractivity contribution in [1.82, 2.24) is 0 Å². The fourth-order valence-electron chi connectivity index (χ4n) is 2.92. The zero-order valence-corrected chi connectivity index (χ0v) is 13.2. The number of hydrogen-bond acceptors (Lipinski definition) is 6. The lowest BCUT2D eigenvalue weighted by Gasteiger charge is -2.13. The molecule has 4 rings (SSSR count). The van der Waals surface area contributed by atoms with E-state index < -0.39 is 28.7 Å². The van der Waals surface area contributed by atoms with Crippen LogP contribution in [0, 0.1) is 0 Å². The largest absolute Gasteiger partial charge is 0.504 e. The SMILES string of the molecule is Oc1c(O)c(O)c(-c2cc(Cl)cc3c2oc2ccccc23)c(O)c1O. The Morgan fingerprint density at radius 3 is 2.00 bits per heavy atom. The topological polar surface area (TPSA) is 114 Å². The summed E-state index contributed by atoms with van der Waals surface area (Å²) in [6.07, 6.45) is 0. The predicted octanol–water partition coefficient (Wildman–Crippen LogP) is 4.43. The maximum absolute atomic E-state index is 10.2. The fraction of sp³-hybridized carbons (Fsp3) is 0. The molecule has 0 radical (unpaired) electrons. The number of benzene rings is 3. The summed E-state index contributed by atoms with van der Waals surface area (Å²) in [5.74, 6) is -4.57. The summed E-state index contributed by atoms with van der Waals surface area (Å²) in [4.78, 5) is 0. The first-order valence-electron chi connectivity index (χ1n) is 7.20. The normalized spacial score (nSPS) is 11.4. The van der Waals surface area contributed by atoms with Crippen LogP contribution in [0.15, 0.2) is 40.8 Å². The molecule has 0 saturated heterocycles. The Morgan fingerprint density at radius 1 is 0.720 bits per heavy atom. The number of hydrogen-bond donors (Lipinski definition) is 5. The second-order valence-corrected chi connectivity index (χ2v) is 5.98. The number of aromatic hydroxyl groups is 5. The highest BCUT2D eigenvalue weighted by Crippen LogP contribution is 2.56. The minimum atomic E-state index is -1.03. The number of fused-ring (bicyclic) bond motifs is 3. The molecule has 1 heterocycles. The van der Waals surface area contributed by atoms with Crippen LogP contribution in [-0.4, -0.2) is 25.5 Å². The summed E-state index contributed by atoms with van der Waals surface area (Å²) in [5.41, 5.74) is 0.701. The van der Waals surface area contributed by atoms with E-state index in [-0.39, 0.29) is 11.1 Å². The van der Waals surface area contributed by atoms with Crippen molar-refractivity contribution in [2.75, 3.05) is 0 Å². The summed E-state index contributed by atoms with van der Waals surface area (Å²) in [6.45, 7) is 0. The number of para-hydroxylation sites is 1. The van der Waals surface area contributed by atoms with Gasteiger partial charge in [-0.25, -0.2) is 0 Å². The highest BCUT2D eigenvalue weighted by Gasteiger charge is 2.27. The molecule has 25 heavy (non-hydrogen) atoms. The number of rotatable bonds is 1. The number of phenolic OH excluding ortho intramolecular Hbond substituents is 5. The first kappa shape index (κ1) is 15.3. The first-order chi connectivity index (χ1) is 11.9. The van der Waals surface area contributed by atoms with Gasteiger partial charge in [-0.2, -0.15) is 0 Å². The zero-order chi connectivity index (χ0) is 17.9. The van der Waals surface area contributed by atoms with Gasteiger partial charge >= 0.3 is 0 Å². The van der Waals surface area contributed by atoms with Crippen LogP contribution < -0.4 is 0 Å². The molecule has 126 valence electrons. The zero-order valence-electron chi connectivity index (χ0n) is 12.5. The molecule has 4 aromatic rings. The lowest BCUT2D eigenvalue weighted by Crippen LogP contribution is -1.85. The van der Waals surface area contributed by atoms with E-state index in [0.29, 0.717) is 21.6 Å². The number of halogens is 1. The van der Waals surface area contributed by atoms with Crippen molar-refractivity contribution in [1.29, 1.82) is 0 Å². The van der Waals surface area contributed by atoms with Crippen LogP contribution in [0.2, 0.25) is 5.02 Å². The van der Waals surface area contributed by atoms with E-state index in [2.05, 4.69) is 0 Å². The number of furan rings is 1. The first-order valence-corrected chi connectivity index (χ1v) is 7.58. The maximum Gasteiger partial charge on any atom is 0.208 e. The standard InChI is InChI=1S/C18H11ClO6/c19-7-5-9-8-3-1-2-4-11(8)25-18(9)10(6-7)12-13(20)15(22)17(24)16(23)14(12)21/h1-6,20-24H. The van der Waals surface area contributed by atoms with Gasteiger partial charge in [0.1, 0.15) is 11.2 Å². The van der Waals surface area contributed by atoms with Gasteiger partial charge in [0.25, 0.3) is 0 Å². The van der Waals surface area contributed by atoms with Crippen molar-refractivity contribution in [2.45, 2.75) is 0 Å². The average Bonchev–Trinajstić information content (AvgIpc) is 2.97. The third kappa shape index (κ3) is 2.04. The Balaban J connectivity index is 2.19. The van der Waals surface area contributed by atoms with Crippen molar-refractivity contribution in [2.24, 2.45) is 0 Å². The van der Waals surface area contributed by atoms with Crippen LogP contribution in [-0.2, 0) is 0 Å². The summed E-state index contributed by atoms with van der Waals surface area (Å²) >= 11 is 6.17. The van der Waals surface area contributed by atoms with Crippen molar-refractivity contribution < 1.29 is 29.9 Å². The molecule has 1 aromatic heterocycles. The van der Waals surface area contributed by atoms with E-state index in [4.69, 9.17) is 16.0 Å². The Hall–Kier alpha value is -3.25. The van der Waals surface area contributed by atoms with Crippen LogP contribution in [0.1, 0.15) is 0 Å². The molecule has 0 aliphatic carbocycles. The second-order valence-electron chi connectivity index (χ2n) is 5.55. The predicted molar refractivity (Wildman–Crippen MR) is 92.5 cm³/mol. The van der Waals surface area contributed by atoms with E-state index in [1.807, 2.05) is 12.1 Å². The molecule has 0 aliphatic rings. The average molecular weight is 359 g/mol. The lowest BCUT2D eigenvalue weighted by atomic mass is 9.99. The van der Waals surface area contributed by atoms with Crippen molar-refractivity contribution in [3.05, 3.63) is 41.4 Å². The summed E-state index contributed by atoms with van der Waals surface area (Å²) < 4.78 is 5.81. The van der Waals surface area contributed by atoms with Crippen molar-refractivity contribution in [3.8, 4) is 39.9 Å². The molecular weight excluding hydrogens is 348 g/mol. The molecule has 3 aromatic carbocycles. The van der Waals surface area contributed by atoms with Crippen molar-refractivity contribution >= 4 is 33.5 Å². The molecule has 0 bridgehead atoms. The lowest BCUT2D eigenvalue weighted by molar-refractivity contribution is 0.330. The minimum Gasteiger partial charge on any atom is -0.504 e. The van der Waals surface area contributed by atoms with Crippen LogP contribution in [0.4, 0.5) is 0 Å². The molecule has 0 atom stereocenters. The fourth-order valence-corrected chi connectivity index (χ4v) is 3.14. The van der Waals surface area contributed by atoms with Crippen LogP contribution in [0.3, 0.4) is 0 Å². The number of phenols is 5. The molecule has 0 aliphatic heterocycles. The Morgan fingerprint density at radius 2 is 1.32 bits per heavy atom. The highest BCUT2D eigenvalue weighted by molar-refractivity contribution is 6.32. The monoisotopic (exact) mass is 358 g/mol. The summed E-state index contributed by atoms with van der Waals surface area (Å²) in [6, 6.07) is 10.3. The Kier molecular flexibility index (Phi) is 3.13. The van der Waals surface area contributed by atoms with Crippen molar-refractivity contribution in [3.63, 3.8) is 0 Å². The Labute approximate surface area is 145 Å². The molecule has 0 unspecified atom stereocenters. The van der Waals surface area contributed by atoms with E-state index in [1.165, 1.54) is 6.07 Å². The van der Waals surface area contributed by atoms with Crippen LogP contribution in [0.5, 0.6) is 28.7 Å². The third-order valence-corrected chi connectivity index (χ3v) is 4.30. The Bertz CT molecular complexity index is 1130. The van der Waals surface area contributed by atoms with Gasteiger partial charge in [0.15, 0.2) is 11.5 Å². The van der Waals surface area contributed by atoms with Gasteiger partial charge in [0, 0.05) is 21.4 Å². The van der Waals surface area contributed by atoms with Gasteiger partial charge in [0.05, 0.1) is 5.56 Å². The summed E-state index contributed by atoms with van der Waals surface area (Å²) in [7, 11) is 0. The summed E-state index contributed by atoms with van der Waals surface area (Å²) in [5, 5.41) is 51.2. The molecule has 0 fully saturated rings. The van der Waals surface area contributed by atoms with E-state index in [0.717, 1.165) is 5.39 Å². The second kappa shape index (κ2) is 5.12. The molecule has 0 saturated carbocycles. The highest BCUT2D eigenvalue weighted by atomic mass is 35.5. The van der Waals surface area contributed by atoms with Crippen LogP contribution in [0.25, 0.3) is 33.1 Å². The van der Waals surface area contributed by atoms with Gasteiger partial charge in [-0.15, -0.1) is 0 Å². The molecule has 0 spiro atoms. The van der Waals surface area contributed by atoms with Gasteiger partial charge in [0.2, 0.25) is 17.2 Å². The smallest absolute Gasteiger partial charge is 0.208 e. The quantitative estimate of drug-likeness (QED) is 0.254. The van der Waals surface area contributed by atoms with E-state index in [9.17, 15) is 25.5 Å². The molecule has 5 N–H and O–H groups in total. The molecular formula is C18H11ClO6. The molecule has 7 heteroatoms. The van der Waals surface area contributed by atoms with Gasteiger partial charge < -0.3 is 29.9 Å². The molecule has 6 nitrogen and oxygen atoms in total. The maximum atomic E-state index is 10.2. The van der Waals surface area contributed by atoms with Gasteiger partial charge in [-0.1, -0.05) is 29.8 Å².